The summed E-state index contributed by atoms with van der Waals surface area (Å²) >= 11 is 0. The van der Waals surface area contributed by atoms with E-state index in [-0.39, 0.29) is 17.4 Å². The summed E-state index contributed by atoms with van der Waals surface area (Å²) in [6, 6.07) is -0.975. The van der Waals surface area contributed by atoms with Crippen molar-refractivity contribution in [1.29, 1.82) is 0 Å². The van der Waals surface area contributed by atoms with Gasteiger partial charge in [-0.15, -0.1) is 0 Å². The molecule has 0 aromatic carbocycles. The Kier molecular flexibility index (Phi) is 6.01. The molecule has 0 bridgehead atoms. The number of carboxylic acid groups (broad SMARTS) is 1. The molecule has 0 spiro atoms. The van der Waals surface area contributed by atoms with Gasteiger partial charge in [0.2, 0.25) is 0 Å². The molecule has 2 N–H and O–H groups in total. The van der Waals surface area contributed by atoms with Crippen molar-refractivity contribution in [2.24, 2.45) is 11.3 Å². The number of nitrogens with one attached hydrogen (secondary N) is 1. The van der Waals surface area contributed by atoms with Gasteiger partial charge in [-0.3, -0.25) is 0 Å². The number of piperidine rings is 1. The third-order valence-corrected chi connectivity index (χ3v) is 3.91. The van der Waals surface area contributed by atoms with Gasteiger partial charge in [0.05, 0.1) is 0 Å². The summed E-state index contributed by atoms with van der Waals surface area (Å²) < 4.78 is 0. The second kappa shape index (κ2) is 7.11. The minimum absolute atomic E-state index is 0.00298. The van der Waals surface area contributed by atoms with Crippen LogP contribution in [0.25, 0.3) is 0 Å². The number of likely N-dealkylation sites (tertiary alicyclic amines) is 1. The van der Waals surface area contributed by atoms with Crippen LogP contribution in [0.4, 0.5) is 4.79 Å². The molecule has 1 saturated heterocycles. The third kappa shape index (κ3) is 5.19. The average Bonchev–Trinajstić information content (AvgIpc) is 2.33. The molecule has 1 aliphatic heterocycles. The number of hydrogen-bond acceptors (Lipinski definition) is 3. The summed E-state index contributed by atoms with van der Waals surface area (Å²) in [5.74, 6) is -0.915. The number of urea groups is 1. The lowest BCUT2D eigenvalue weighted by Crippen LogP contribution is -2.56. The van der Waals surface area contributed by atoms with Crippen molar-refractivity contribution in [2.75, 3.05) is 33.7 Å². The Bertz CT molecular complexity index is 382. The summed E-state index contributed by atoms with van der Waals surface area (Å²) in [7, 11) is 3.99. The van der Waals surface area contributed by atoms with Gasteiger partial charge in [0, 0.05) is 19.6 Å². The first-order valence-corrected chi connectivity index (χ1v) is 7.56. The van der Waals surface area contributed by atoms with Crippen molar-refractivity contribution in [2.45, 2.75) is 39.7 Å². The third-order valence-electron chi connectivity index (χ3n) is 3.91. The maximum Gasteiger partial charge on any atom is 0.326 e. The van der Waals surface area contributed by atoms with Crippen LogP contribution in [0.1, 0.15) is 33.6 Å². The van der Waals surface area contributed by atoms with Gasteiger partial charge in [0.1, 0.15) is 6.04 Å². The van der Waals surface area contributed by atoms with Gasteiger partial charge in [0.15, 0.2) is 0 Å². The Labute approximate surface area is 127 Å². The first-order chi connectivity index (χ1) is 9.64. The number of carboxylic acids is 1. The van der Waals surface area contributed by atoms with Crippen LogP contribution in [0.15, 0.2) is 0 Å². The molecule has 2 unspecified atom stereocenters. The number of amides is 2. The molecule has 1 fully saturated rings. The van der Waals surface area contributed by atoms with Crippen molar-refractivity contribution in [1.82, 2.24) is 15.1 Å². The fourth-order valence-corrected chi connectivity index (χ4v) is 3.12. The van der Waals surface area contributed by atoms with Gasteiger partial charge in [-0.1, -0.05) is 20.8 Å². The summed E-state index contributed by atoms with van der Waals surface area (Å²) in [5, 5.41) is 12.2. The quantitative estimate of drug-likeness (QED) is 0.806. The van der Waals surface area contributed by atoms with Crippen LogP contribution in [0.5, 0.6) is 0 Å². The minimum atomic E-state index is -0.912. The Morgan fingerprint density at radius 2 is 2.00 bits per heavy atom. The molecule has 6 nitrogen and oxygen atoms in total. The molecular weight excluding hydrogens is 270 g/mol. The molecule has 0 saturated carbocycles. The van der Waals surface area contributed by atoms with Gasteiger partial charge in [0.25, 0.3) is 0 Å². The fourth-order valence-electron chi connectivity index (χ4n) is 3.12. The molecule has 2 amide bonds. The lowest BCUT2D eigenvalue weighted by Gasteiger charge is -2.38. The molecule has 2 atom stereocenters. The lowest BCUT2D eigenvalue weighted by atomic mass is 9.91. The molecule has 1 aliphatic rings. The molecule has 0 aliphatic carbocycles. The summed E-state index contributed by atoms with van der Waals surface area (Å²) in [4.78, 5) is 27.3. The number of rotatable bonds is 5. The highest BCUT2D eigenvalue weighted by Gasteiger charge is 2.37. The topological polar surface area (TPSA) is 72.9 Å². The Morgan fingerprint density at radius 1 is 1.38 bits per heavy atom. The molecule has 21 heavy (non-hydrogen) atoms. The second-order valence-corrected chi connectivity index (χ2v) is 7.16. The molecule has 1 rings (SSSR count). The van der Waals surface area contributed by atoms with Crippen LogP contribution in [-0.2, 0) is 4.79 Å². The van der Waals surface area contributed by atoms with Crippen LogP contribution in [0, 0.1) is 11.3 Å². The van der Waals surface area contributed by atoms with Crippen LogP contribution >= 0.6 is 0 Å². The molecule has 0 radical (unpaired) electrons. The SMILES string of the molecule is CC1CCCN(C(=O)NCC(C)(C)CN(C)C)C1C(=O)O. The monoisotopic (exact) mass is 299 g/mol. The van der Waals surface area contributed by atoms with Gasteiger partial charge < -0.3 is 20.2 Å². The van der Waals surface area contributed by atoms with E-state index in [1.54, 1.807) is 0 Å². The first-order valence-electron chi connectivity index (χ1n) is 7.56. The van der Waals surface area contributed by atoms with E-state index in [0.29, 0.717) is 13.1 Å². The van der Waals surface area contributed by atoms with Crippen LogP contribution < -0.4 is 5.32 Å². The maximum absolute atomic E-state index is 12.3. The van der Waals surface area contributed by atoms with E-state index in [1.165, 1.54) is 4.90 Å². The van der Waals surface area contributed by atoms with Gasteiger partial charge in [-0.25, -0.2) is 9.59 Å². The van der Waals surface area contributed by atoms with Gasteiger partial charge in [-0.2, -0.15) is 0 Å². The molecule has 1 heterocycles. The van der Waals surface area contributed by atoms with Crippen molar-refractivity contribution >= 4 is 12.0 Å². The van der Waals surface area contributed by atoms with Crippen LogP contribution in [0.2, 0.25) is 0 Å². The van der Waals surface area contributed by atoms with E-state index < -0.39 is 12.0 Å². The van der Waals surface area contributed by atoms with Crippen LogP contribution in [0.3, 0.4) is 0 Å². The van der Waals surface area contributed by atoms with Crippen LogP contribution in [-0.4, -0.2) is 66.7 Å². The zero-order chi connectivity index (χ0) is 16.2. The number of carbonyl (C=O) groups excluding carboxylic acids is 1. The summed E-state index contributed by atoms with van der Waals surface area (Å²) in [6.07, 6.45) is 1.71. The fraction of sp³-hybridized carbons (Fsp3) is 0.867. The highest BCUT2D eigenvalue weighted by molar-refractivity contribution is 5.83. The highest BCUT2D eigenvalue weighted by Crippen LogP contribution is 2.24. The first kappa shape index (κ1) is 17.8. The van der Waals surface area contributed by atoms with Crippen molar-refractivity contribution < 1.29 is 14.7 Å². The van der Waals surface area contributed by atoms with E-state index in [0.717, 1.165) is 19.4 Å². The smallest absolute Gasteiger partial charge is 0.326 e. The number of carbonyl (C=O) groups is 2. The summed E-state index contributed by atoms with van der Waals surface area (Å²) in [5.41, 5.74) is -0.0563. The molecular formula is C15H29N3O3. The normalized spacial score (nSPS) is 23.2. The number of aliphatic carboxylic acids is 1. The van der Waals surface area contributed by atoms with Crippen molar-refractivity contribution in [3.8, 4) is 0 Å². The molecule has 6 heteroatoms. The lowest BCUT2D eigenvalue weighted by molar-refractivity contribution is -0.145. The maximum atomic E-state index is 12.3. The number of nitrogens with zero attached hydrogens (tertiary/aromatic N) is 2. The zero-order valence-electron chi connectivity index (χ0n) is 13.8. The predicted octanol–water partition coefficient (Wildman–Crippen LogP) is 1.47. The number of hydrogen-bond donors (Lipinski definition) is 2. The predicted molar refractivity (Wildman–Crippen MR) is 82.3 cm³/mol. The highest BCUT2D eigenvalue weighted by atomic mass is 16.4. The Balaban J connectivity index is 2.63. The van der Waals surface area contributed by atoms with Gasteiger partial charge in [-0.05, 0) is 38.3 Å². The second-order valence-electron chi connectivity index (χ2n) is 7.16. The van der Waals surface area contributed by atoms with Gasteiger partial charge >= 0.3 is 12.0 Å². The Morgan fingerprint density at radius 3 is 2.52 bits per heavy atom. The van der Waals surface area contributed by atoms with Crippen molar-refractivity contribution in [3.05, 3.63) is 0 Å². The van der Waals surface area contributed by atoms with E-state index in [1.807, 2.05) is 21.0 Å². The summed E-state index contributed by atoms with van der Waals surface area (Å²) in [6.45, 7) is 7.96. The largest absolute Gasteiger partial charge is 0.480 e. The van der Waals surface area contributed by atoms with Crippen molar-refractivity contribution in [3.63, 3.8) is 0 Å². The average molecular weight is 299 g/mol. The van der Waals surface area contributed by atoms with E-state index in [4.69, 9.17) is 0 Å². The van der Waals surface area contributed by atoms with E-state index in [2.05, 4.69) is 24.1 Å². The molecule has 0 aromatic rings. The Hall–Kier alpha value is -1.30. The van der Waals surface area contributed by atoms with E-state index in [9.17, 15) is 14.7 Å². The minimum Gasteiger partial charge on any atom is -0.480 e. The molecule has 122 valence electrons. The zero-order valence-corrected chi connectivity index (χ0v) is 13.8. The standard InChI is InChI=1S/C15H29N3O3/c1-11-7-6-8-18(12(11)13(19)20)14(21)16-9-15(2,3)10-17(4)5/h11-12H,6-10H2,1-5H3,(H,16,21)(H,19,20). The van der Waals surface area contributed by atoms with E-state index >= 15 is 0 Å². The molecule has 0 aromatic heterocycles.